The van der Waals surface area contributed by atoms with Crippen molar-refractivity contribution in [3.63, 3.8) is 0 Å². The first kappa shape index (κ1) is 33.2. The Morgan fingerprint density at radius 3 is 2.07 bits per heavy atom. The predicted molar refractivity (Wildman–Crippen MR) is 175 cm³/mol. The van der Waals surface area contributed by atoms with Crippen LogP contribution in [0.25, 0.3) is 16.8 Å². The van der Waals surface area contributed by atoms with Crippen LogP contribution in [0.3, 0.4) is 0 Å². The van der Waals surface area contributed by atoms with Gasteiger partial charge in [-0.05, 0) is 25.8 Å². The van der Waals surface area contributed by atoms with Gasteiger partial charge in [0.2, 0.25) is 11.8 Å². The van der Waals surface area contributed by atoms with Crippen LogP contribution in [-0.2, 0) is 19.5 Å². The van der Waals surface area contributed by atoms with Crippen LogP contribution in [0.4, 0.5) is 0 Å². The average Bonchev–Trinajstić information content (AvgIpc) is 2.97. The van der Waals surface area contributed by atoms with Crippen molar-refractivity contribution in [2.45, 2.75) is 57.9 Å². The number of rotatable bonds is 12. The Morgan fingerprint density at radius 1 is 0.933 bits per heavy atom. The zero-order valence-corrected chi connectivity index (χ0v) is 27.9. The third kappa shape index (κ3) is 7.82. The number of β-amino-alcohol motifs (C(OH)–C–C–N with tert-alkyl or cyclic N) is 2. The van der Waals surface area contributed by atoms with Crippen molar-refractivity contribution in [2.24, 2.45) is 0 Å². The Morgan fingerprint density at radius 2 is 1.51 bits per heavy atom. The van der Waals surface area contributed by atoms with Crippen LogP contribution in [0.15, 0.2) is 47.8 Å². The lowest BCUT2D eigenvalue weighted by Gasteiger charge is -2.44. The molecule has 2 aliphatic heterocycles. The standard InChI is InChI=1S/C33H40Cl2N6O4/c1-6-7-10-22(25-13-36-27(30(38-25)44-4)15-40-17-32(2,42)18-40)24(34)12-21-9-8-11-23(29(21)35)26-14-37-28(31(39-26)45-5)16-41-19-33(3,43)20-41/h7-11,13-14,42-43H,6,12,15-20H2,1-5H3/b10-7-,24-22-. The molecule has 1 aromatic carbocycles. The van der Waals surface area contributed by atoms with Gasteiger partial charge < -0.3 is 19.7 Å². The van der Waals surface area contributed by atoms with Crippen LogP contribution < -0.4 is 9.47 Å². The number of benzene rings is 1. The molecule has 12 heteroatoms. The fourth-order valence-electron chi connectivity index (χ4n) is 5.81. The zero-order valence-electron chi connectivity index (χ0n) is 26.3. The zero-order chi connectivity index (χ0) is 32.4. The lowest BCUT2D eigenvalue weighted by atomic mass is 9.97. The molecule has 45 heavy (non-hydrogen) atoms. The SMILES string of the molecule is CC/C=C\C(=C(\Cl)Cc1cccc(-c2cnc(CN3CC(C)(O)C3)c(OC)n2)c1Cl)c1cnc(CN2CC(C)(O)C2)c(OC)n1. The molecule has 2 aliphatic rings. The van der Waals surface area contributed by atoms with E-state index in [0.29, 0.717) is 95.8 Å². The van der Waals surface area contributed by atoms with Crippen molar-refractivity contribution in [3.8, 4) is 23.0 Å². The minimum absolute atomic E-state index is 0.351. The van der Waals surface area contributed by atoms with E-state index < -0.39 is 11.2 Å². The first-order valence-corrected chi connectivity index (χ1v) is 15.7. The monoisotopic (exact) mass is 654 g/mol. The third-order valence-corrected chi connectivity index (χ3v) is 8.59. The summed E-state index contributed by atoms with van der Waals surface area (Å²) in [4.78, 5) is 22.9. The molecule has 0 saturated carbocycles. The van der Waals surface area contributed by atoms with Gasteiger partial charge in [0.1, 0.15) is 11.4 Å². The quantitative estimate of drug-likeness (QED) is 0.261. The molecule has 10 nitrogen and oxygen atoms in total. The molecule has 0 atom stereocenters. The lowest BCUT2D eigenvalue weighted by molar-refractivity contribution is -0.0881. The third-order valence-electron chi connectivity index (χ3n) is 7.80. The van der Waals surface area contributed by atoms with Crippen molar-refractivity contribution in [1.82, 2.24) is 29.7 Å². The van der Waals surface area contributed by atoms with Crippen LogP contribution >= 0.6 is 23.2 Å². The summed E-state index contributed by atoms with van der Waals surface area (Å²) >= 11 is 14.0. The molecule has 0 spiro atoms. The van der Waals surface area contributed by atoms with Crippen LogP contribution in [-0.4, -0.2) is 91.5 Å². The summed E-state index contributed by atoms with van der Waals surface area (Å²) < 4.78 is 11.2. The normalized spacial score (nSPS) is 18.3. The highest BCUT2D eigenvalue weighted by Crippen LogP contribution is 2.35. The molecule has 0 bridgehead atoms. The molecule has 2 N–H and O–H groups in total. The second-order valence-corrected chi connectivity index (χ2v) is 13.1. The summed E-state index contributed by atoms with van der Waals surface area (Å²) in [5.74, 6) is 0.835. The number of aliphatic hydroxyl groups is 2. The van der Waals surface area contributed by atoms with Gasteiger partial charge in [0.25, 0.3) is 0 Å². The van der Waals surface area contributed by atoms with Crippen LogP contribution in [0.2, 0.25) is 5.02 Å². The van der Waals surface area contributed by atoms with Gasteiger partial charge in [-0.3, -0.25) is 19.8 Å². The number of methoxy groups -OCH3 is 2. The highest BCUT2D eigenvalue weighted by atomic mass is 35.5. The van der Waals surface area contributed by atoms with Gasteiger partial charge in [0, 0.05) is 61.9 Å². The van der Waals surface area contributed by atoms with Crippen molar-refractivity contribution >= 4 is 28.8 Å². The van der Waals surface area contributed by atoms with Crippen molar-refractivity contribution in [1.29, 1.82) is 0 Å². The minimum Gasteiger partial charge on any atom is -0.480 e. The Balaban J connectivity index is 1.40. The molecule has 0 radical (unpaired) electrons. The summed E-state index contributed by atoms with van der Waals surface area (Å²) in [6.45, 7) is 9.03. The van der Waals surface area contributed by atoms with Gasteiger partial charge in [0.15, 0.2) is 0 Å². The smallest absolute Gasteiger partial charge is 0.237 e. The predicted octanol–water partition coefficient (Wildman–Crippen LogP) is 4.90. The second-order valence-electron chi connectivity index (χ2n) is 12.3. The van der Waals surface area contributed by atoms with Gasteiger partial charge in [-0.15, -0.1) is 0 Å². The minimum atomic E-state index is -0.673. The second kappa shape index (κ2) is 13.7. The number of allylic oxidation sites excluding steroid dienone is 4. The van der Waals surface area contributed by atoms with E-state index in [-0.39, 0.29) is 0 Å². The largest absolute Gasteiger partial charge is 0.480 e. The number of likely N-dealkylation sites (tertiary alicyclic amines) is 2. The van der Waals surface area contributed by atoms with E-state index in [0.717, 1.165) is 17.6 Å². The average molecular weight is 656 g/mol. The maximum atomic E-state index is 10.1. The van der Waals surface area contributed by atoms with Crippen molar-refractivity contribution < 1.29 is 19.7 Å². The Kier molecular flexibility index (Phi) is 10.1. The van der Waals surface area contributed by atoms with Crippen LogP contribution in [0.5, 0.6) is 11.8 Å². The Labute approximate surface area is 274 Å². The Bertz CT molecular complexity index is 1590. The van der Waals surface area contributed by atoms with Gasteiger partial charge >= 0.3 is 0 Å². The number of halogens is 2. The fourth-order valence-corrected chi connectivity index (χ4v) is 6.40. The molecule has 2 saturated heterocycles. The maximum absolute atomic E-state index is 10.1. The number of ether oxygens (including phenoxy) is 2. The van der Waals surface area contributed by atoms with Crippen molar-refractivity contribution in [2.75, 3.05) is 40.4 Å². The highest BCUT2D eigenvalue weighted by Gasteiger charge is 2.38. The molecule has 240 valence electrons. The molecular formula is C33H40Cl2N6O4. The summed E-state index contributed by atoms with van der Waals surface area (Å²) in [7, 11) is 3.14. The maximum Gasteiger partial charge on any atom is 0.237 e. The summed E-state index contributed by atoms with van der Waals surface area (Å²) in [5.41, 5.74) is 3.47. The van der Waals surface area contributed by atoms with E-state index in [1.54, 1.807) is 26.6 Å². The molecule has 2 aromatic heterocycles. The van der Waals surface area contributed by atoms with Crippen molar-refractivity contribution in [3.05, 3.63) is 75.4 Å². The van der Waals surface area contributed by atoms with E-state index in [2.05, 4.69) is 19.8 Å². The number of hydrogen-bond donors (Lipinski definition) is 2. The summed E-state index contributed by atoms with van der Waals surface area (Å²) in [5, 5.41) is 21.2. The summed E-state index contributed by atoms with van der Waals surface area (Å²) in [6.07, 6.45) is 8.53. The molecule has 4 heterocycles. The van der Waals surface area contributed by atoms with Gasteiger partial charge in [-0.25, -0.2) is 9.97 Å². The number of nitrogens with zero attached hydrogens (tertiary/aromatic N) is 6. The Hall–Kier alpha value is -3.12. The van der Waals surface area contributed by atoms with E-state index in [9.17, 15) is 10.2 Å². The van der Waals surface area contributed by atoms with Gasteiger partial charge in [-0.2, -0.15) is 0 Å². The van der Waals surface area contributed by atoms with E-state index in [4.69, 9.17) is 42.6 Å². The van der Waals surface area contributed by atoms with Gasteiger partial charge in [-0.1, -0.05) is 60.5 Å². The molecule has 2 fully saturated rings. The molecule has 3 aromatic rings. The first-order chi connectivity index (χ1) is 21.4. The molecule has 0 amide bonds. The lowest BCUT2D eigenvalue weighted by Crippen LogP contribution is -2.59. The van der Waals surface area contributed by atoms with Gasteiger partial charge in [0.05, 0.1) is 54.2 Å². The first-order valence-electron chi connectivity index (χ1n) is 14.9. The number of hydrogen-bond acceptors (Lipinski definition) is 10. The molecule has 0 unspecified atom stereocenters. The molecule has 5 rings (SSSR count). The van der Waals surface area contributed by atoms with E-state index in [1.165, 1.54) is 0 Å². The molecule has 0 aliphatic carbocycles. The number of aromatic nitrogens is 4. The highest BCUT2D eigenvalue weighted by molar-refractivity contribution is 6.35. The fraction of sp³-hybridized carbons (Fsp3) is 0.455. The topological polar surface area (TPSA) is 117 Å². The summed E-state index contributed by atoms with van der Waals surface area (Å²) in [6, 6.07) is 5.74. The van der Waals surface area contributed by atoms with E-state index in [1.807, 2.05) is 51.1 Å². The van der Waals surface area contributed by atoms with Crippen LogP contribution in [0.1, 0.15) is 49.8 Å². The van der Waals surface area contributed by atoms with E-state index >= 15 is 0 Å². The molecular weight excluding hydrogens is 615 g/mol. The van der Waals surface area contributed by atoms with Crippen LogP contribution in [0, 0.1) is 0 Å².